The standard InChI is InChI=1S/C42H56N2O12/c1-20-13-12-14-21(2)41(52)43-32-27(19-44-16-10-11-17-44)36(49)29-30(37(32)50)35(48)25(6)39-31(29)40(51)42(8,56-39)54-18-15-28(53-9)22(3)38(55-26(7)45)24(5)34(47)23(4)33(20)46/h12-15,18,20,22-24,28,33-34,38,46-50H,10-11,16-17,19H2,1-9H3,(H,43,52)/b13-12+,18-15+,21-14-/t20-,22-,23-,24-,28+,33+,34+,38-,42+/m1/s1. The van der Waals surface area contributed by atoms with Gasteiger partial charge in [0.15, 0.2) is 5.75 Å². The Bertz CT molecular complexity index is 1950. The number of nitrogens with one attached hydrogen (secondary N) is 1. The Balaban J connectivity index is 1.70. The normalized spacial score (nSPS) is 32.7. The van der Waals surface area contributed by atoms with E-state index in [2.05, 4.69) is 5.32 Å². The van der Waals surface area contributed by atoms with Crippen molar-refractivity contribution >= 4 is 34.1 Å². The minimum atomic E-state index is -2.00. The highest BCUT2D eigenvalue weighted by atomic mass is 16.7. The molecular weight excluding hydrogens is 724 g/mol. The quantitative estimate of drug-likeness (QED) is 0.132. The van der Waals surface area contributed by atoms with Crippen molar-refractivity contribution in [1.82, 2.24) is 4.90 Å². The van der Waals surface area contributed by atoms with Crippen molar-refractivity contribution in [3.05, 3.63) is 52.8 Å². The fraction of sp³-hybridized carbons (Fsp3) is 0.548. The summed E-state index contributed by atoms with van der Waals surface area (Å²) in [7, 11) is 1.45. The average molecular weight is 781 g/mol. The Morgan fingerprint density at radius 2 is 1.61 bits per heavy atom. The summed E-state index contributed by atoms with van der Waals surface area (Å²) in [6, 6.07) is 0. The summed E-state index contributed by atoms with van der Waals surface area (Å²) in [5, 5.41) is 60.6. The second-order valence-corrected chi connectivity index (χ2v) is 15.7. The third-order valence-corrected chi connectivity index (χ3v) is 11.7. The van der Waals surface area contributed by atoms with Crippen LogP contribution in [-0.4, -0.2) is 98.5 Å². The van der Waals surface area contributed by atoms with Gasteiger partial charge in [0.05, 0.1) is 41.2 Å². The molecule has 1 fully saturated rings. The molecule has 306 valence electrons. The lowest BCUT2D eigenvalue weighted by molar-refractivity contribution is -0.160. The minimum Gasteiger partial charge on any atom is -0.507 e. The maximum absolute atomic E-state index is 14.4. The van der Waals surface area contributed by atoms with Crippen molar-refractivity contribution in [2.24, 2.45) is 23.7 Å². The van der Waals surface area contributed by atoms with E-state index in [1.165, 1.54) is 46.3 Å². The van der Waals surface area contributed by atoms with Crippen LogP contribution < -0.4 is 10.1 Å². The summed E-state index contributed by atoms with van der Waals surface area (Å²) in [6.45, 7) is 14.2. The van der Waals surface area contributed by atoms with Gasteiger partial charge in [-0.25, -0.2) is 0 Å². The van der Waals surface area contributed by atoms with Gasteiger partial charge in [-0.2, -0.15) is 0 Å². The van der Waals surface area contributed by atoms with Crippen LogP contribution in [0.3, 0.4) is 0 Å². The Hall–Kier alpha value is -4.63. The lowest BCUT2D eigenvalue weighted by atomic mass is 9.78. The van der Waals surface area contributed by atoms with Gasteiger partial charge in [-0.1, -0.05) is 45.9 Å². The fourth-order valence-corrected chi connectivity index (χ4v) is 8.10. The molecule has 0 saturated carbocycles. The number of phenolic OH excluding ortho intramolecular Hbond substituents is 3. The number of aliphatic hydroxyl groups is 2. The zero-order valence-electron chi connectivity index (χ0n) is 33.6. The molecule has 0 aromatic heterocycles. The number of amides is 1. The molecule has 6 N–H and O–H groups in total. The van der Waals surface area contributed by atoms with Gasteiger partial charge in [0.25, 0.3) is 11.7 Å². The van der Waals surface area contributed by atoms with Gasteiger partial charge >= 0.3 is 11.8 Å². The van der Waals surface area contributed by atoms with Gasteiger partial charge in [-0.05, 0) is 45.9 Å². The molecule has 6 rings (SSSR count). The maximum atomic E-state index is 14.4. The number of allylic oxidation sites excluding steroid dienone is 2. The number of fused-ring (bicyclic) bond motifs is 14. The first-order valence-corrected chi connectivity index (χ1v) is 19.1. The molecule has 9 atom stereocenters. The summed E-state index contributed by atoms with van der Waals surface area (Å²) in [6.07, 6.45) is 5.58. The van der Waals surface area contributed by atoms with E-state index in [9.17, 15) is 39.9 Å². The molecule has 14 heteroatoms. The number of anilines is 1. The molecule has 1 amide bonds. The van der Waals surface area contributed by atoms with Crippen molar-refractivity contribution in [2.75, 3.05) is 25.5 Å². The first-order chi connectivity index (χ1) is 26.3. The van der Waals surface area contributed by atoms with Gasteiger partial charge in [0.2, 0.25) is 0 Å². The number of carbonyl (C=O) groups excluding carboxylic acids is 3. The molecule has 0 aliphatic carbocycles. The zero-order chi connectivity index (χ0) is 41.4. The predicted molar refractivity (Wildman–Crippen MR) is 208 cm³/mol. The molecule has 1 saturated heterocycles. The number of ketones is 1. The minimum absolute atomic E-state index is 0.0504. The Morgan fingerprint density at radius 1 is 0.946 bits per heavy atom. The smallest absolute Gasteiger partial charge is 0.312 e. The molecule has 14 nitrogen and oxygen atoms in total. The zero-order valence-corrected chi connectivity index (χ0v) is 33.6. The van der Waals surface area contributed by atoms with Crippen LogP contribution in [0, 0.1) is 30.6 Å². The molecule has 2 aromatic carbocycles. The molecule has 4 aliphatic heterocycles. The Labute approximate surface area is 327 Å². The van der Waals surface area contributed by atoms with Crippen LogP contribution in [0.15, 0.2) is 36.1 Å². The number of rotatable bonds is 4. The Morgan fingerprint density at radius 3 is 2.23 bits per heavy atom. The number of carbonyl (C=O) groups is 3. The molecule has 5 bridgehead atoms. The molecule has 4 aliphatic rings. The van der Waals surface area contributed by atoms with Crippen LogP contribution in [-0.2, 0) is 30.3 Å². The first kappa shape index (κ1) is 42.5. The van der Waals surface area contributed by atoms with Gasteiger partial charge in [0.1, 0.15) is 23.4 Å². The SMILES string of the molecule is CO[C@H]1/C=C/O[C@@]2(C)Oc3c(C)c(O)c4c(O)c(c(CN5CCCC5)c(O)c4c3C2=O)NC(=O)/C(C)=C\C=C\[C@@H](C)[C@H](O)[C@@H](C)[C@H](O)[C@@H](C)[C@H](OC(C)=O)[C@@H]1C. The highest BCUT2D eigenvalue weighted by molar-refractivity contribution is 6.22. The van der Waals surface area contributed by atoms with E-state index in [0.717, 1.165) is 12.8 Å². The number of ether oxygens (including phenoxy) is 4. The van der Waals surface area contributed by atoms with Crippen LogP contribution in [0.5, 0.6) is 23.0 Å². The summed E-state index contributed by atoms with van der Waals surface area (Å²) >= 11 is 0. The van der Waals surface area contributed by atoms with Gasteiger partial charge in [-0.15, -0.1) is 0 Å². The summed E-state index contributed by atoms with van der Waals surface area (Å²) in [4.78, 5) is 42.4. The van der Waals surface area contributed by atoms with Gasteiger partial charge < -0.3 is 49.8 Å². The van der Waals surface area contributed by atoms with E-state index in [1.807, 2.05) is 4.90 Å². The third kappa shape index (κ3) is 7.97. The van der Waals surface area contributed by atoms with Crippen LogP contribution in [0.1, 0.15) is 82.8 Å². The Kier molecular flexibility index (Phi) is 12.8. The van der Waals surface area contributed by atoms with Crippen LogP contribution >= 0.6 is 0 Å². The number of hydrogen-bond acceptors (Lipinski definition) is 13. The number of likely N-dealkylation sites (tertiary alicyclic amines) is 1. The van der Waals surface area contributed by atoms with E-state index < -0.39 is 88.8 Å². The van der Waals surface area contributed by atoms with Gasteiger partial charge in [-0.3, -0.25) is 19.3 Å². The van der Waals surface area contributed by atoms with Gasteiger partial charge in [0, 0.05) is 73.3 Å². The van der Waals surface area contributed by atoms with Crippen LogP contribution in [0.25, 0.3) is 10.8 Å². The number of aliphatic hydroxyl groups excluding tert-OH is 2. The van der Waals surface area contributed by atoms with Crippen molar-refractivity contribution in [3.63, 3.8) is 0 Å². The van der Waals surface area contributed by atoms with Crippen LogP contribution in [0.2, 0.25) is 0 Å². The summed E-state index contributed by atoms with van der Waals surface area (Å²) < 4.78 is 23.6. The highest BCUT2D eigenvalue weighted by Crippen LogP contribution is 2.55. The molecule has 2 aromatic rings. The summed E-state index contributed by atoms with van der Waals surface area (Å²) in [5.74, 6) is -7.78. The number of benzene rings is 2. The maximum Gasteiger partial charge on any atom is 0.312 e. The van der Waals surface area contributed by atoms with E-state index >= 15 is 0 Å². The molecule has 0 spiro atoms. The van der Waals surface area contributed by atoms with Crippen LogP contribution in [0.4, 0.5) is 5.69 Å². The van der Waals surface area contributed by atoms with Crippen molar-refractivity contribution in [1.29, 1.82) is 0 Å². The monoisotopic (exact) mass is 780 g/mol. The lowest BCUT2D eigenvalue weighted by Crippen LogP contribution is -2.46. The highest BCUT2D eigenvalue weighted by Gasteiger charge is 2.50. The molecule has 4 heterocycles. The fourth-order valence-electron chi connectivity index (χ4n) is 8.10. The molecule has 0 unspecified atom stereocenters. The lowest BCUT2D eigenvalue weighted by Gasteiger charge is -2.38. The average Bonchev–Trinajstić information content (AvgIpc) is 3.77. The number of esters is 1. The van der Waals surface area contributed by atoms with E-state index in [0.29, 0.717) is 13.1 Å². The third-order valence-electron chi connectivity index (χ3n) is 11.7. The predicted octanol–water partition coefficient (Wildman–Crippen LogP) is 5.35. The topological polar surface area (TPSA) is 205 Å². The van der Waals surface area contributed by atoms with Crippen molar-refractivity contribution < 1.29 is 58.9 Å². The number of Topliss-reactive ketones (excluding diaryl/α,β-unsaturated/α-hetero) is 1. The molecule has 0 radical (unpaired) electrons. The number of nitrogens with zero attached hydrogens (tertiary/aromatic N) is 1. The van der Waals surface area contributed by atoms with E-state index in [1.54, 1.807) is 46.8 Å². The first-order valence-electron chi connectivity index (χ1n) is 19.1. The second-order valence-electron chi connectivity index (χ2n) is 15.7. The number of hydrogen-bond donors (Lipinski definition) is 6. The molecule has 56 heavy (non-hydrogen) atoms. The van der Waals surface area contributed by atoms with E-state index in [4.69, 9.17) is 18.9 Å². The molecular formula is C42H56N2O12. The second kappa shape index (κ2) is 16.8. The number of methoxy groups -OCH3 is 1. The summed E-state index contributed by atoms with van der Waals surface area (Å²) in [5.41, 5.74) is 0.223. The van der Waals surface area contributed by atoms with Crippen molar-refractivity contribution in [3.8, 4) is 23.0 Å². The number of aromatic hydroxyl groups is 3. The number of phenols is 3. The van der Waals surface area contributed by atoms with Crippen molar-refractivity contribution in [2.45, 2.75) is 105 Å². The largest absolute Gasteiger partial charge is 0.507 e. The van der Waals surface area contributed by atoms with E-state index in [-0.39, 0.29) is 51.0 Å².